The van der Waals surface area contributed by atoms with Crippen molar-refractivity contribution >= 4 is 5.97 Å². The summed E-state index contributed by atoms with van der Waals surface area (Å²) >= 11 is 0. The molecule has 1 fully saturated rings. The summed E-state index contributed by atoms with van der Waals surface area (Å²) in [5.41, 5.74) is 0.635. The molecule has 29 heavy (non-hydrogen) atoms. The van der Waals surface area contributed by atoms with E-state index in [1.54, 1.807) is 24.3 Å². The predicted molar refractivity (Wildman–Crippen MR) is 98.1 cm³/mol. The van der Waals surface area contributed by atoms with Gasteiger partial charge in [-0.15, -0.1) is 0 Å². The van der Waals surface area contributed by atoms with E-state index in [9.17, 15) is 30.3 Å². The van der Waals surface area contributed by atoms with Crippen molar-refractivity contribution in [3.63, 3.8) is 0 Å². The number of esters is 1. The van der Waals surface area contributed by atoms with Crippen molar-refractivity contribution < 1.29 is 44.5 Å². The lowest BCUT2D eigenvalue weighted by atomic mass is 9.99. The Morgan fingerprint density at radius 2 is 1.72 bits per heavy atom. The predicted octanol–water partition coefficient (Wildman–Crippen LogP) is -0.0721. The van der Waals surface area contributed by atoms with Crippen molar-refractivity contribution in [2.45, 2.75) is 37.3 Å². The topological polar surface area (TPSA) is 146 Å². The number of rotatable bonds is 6. The first-order chi connectivity index (χ1) is 13.9. The number of ether oxygens (including phenoxy) is 3. The Morgan fingerprint density at radius 1 is 1.00 bits per heavy atom. The van der Waals surface area contributed by atoms with Crippen molar-refractivity contribution in [1.29, 1.82) is 0 Å². The fourth-order valence-electron chi connectivity index (χ4n) is 2.87. The Labute approximate surface area is 166 Å². The smallest absolute Gasteiger partial charge is 0.342 e. The monoisotopic (exact) mass is 406 g/mol. The van der Waals surface area contributed by atoms with E-state index in [4.69, 9.17) is 14.2 Å². The van der Waals surface area contributed by atoms with Crippen molar-refractivity contribution in [2.75, 3.05) is 6.61 Å². The Hall–Kier alpha value is -2.69. The van der Waals surface area contributed by atoms with Crippen molar-refractivity contribution in [3.8, 4) is 11.5 Å². The molecule has 2 aromatic carbocycles. The van der Waals surface area contributed by atoms with Crippen LogP contribution < -0.4 is 4.74 Å². The highest BCUT2D eigenvalue weighted by Gasteiger charge is 2.45. The van der Waals surface area contributed by atoms with Crippen LogP contribution in [0.15, 0.2) is 48.5 Å². The van der Waals surface area contributed by atoms with Gasteiger partial charge in [0, 0.05) is 0 Å². The van der Waals surface area contributed by atoms with E-state index in [0.717, 1.165) is 11.6 Å². The van der Waals surface area contributed by atoms with Gasteiger partial charge in [0.1, 0.15) is 48.1 Å². The second-order valence-electron chi connectivity index (χ2n) is 6.56. The van der Waals surface area contributed by atoms with Gasteiger partial charge in [0.05, 0.1) is 6.61 Å². The van der Waals surface area contributed by atoms with Crippen LogP contribution >= 0.6 is 0 Å². The summed E-state index contributed by atoms with van der Waals surface area (Å²) in [6, 6.07) is 12.6. The summed E-state index contributed by atoms with van der Waals surface area (Å²) < 4.78 is 16.0. The number of aliphatic hydroxyl groups excluding tert-OH is 4. The normalized spacial score (nSPS) is 26.7. The van der Waals surface area contributed by atoms with Gasteiger partial charge in [-0.3, -0.25) is 0 Å². The molecular weight excluding hydrogens is 384 g/mol. The van der Waals surface area contributed by atoms with Crippen molar-refractivity contribution in [3.05, 3.63) is 59.7 Å². The van der Waals surface area contributed by atoms with E-state index in [1.807, 2.05) is 6.07 Å². The van der Waals surface area contributed by atoms with Crippen LogP contribution in [0, 0.1) is 0 Å². The number of phenols is 1. The minimum Gasteiger partial charge on any atom is -0.508 e. The Bertz CT molecular complexity index is 824. The molecule has 0 spiro atoms. The van der Waals surface area contributed by atoms with Gasteiger partial charge < -0.3 is 39.7 Å². The van der Waals surface area contributed by atoms with Crippen molar-refractivity contribution in [2.24, 2.45) is 0 Å². The van der Waals surface area contributed by atoms with Crippen LogP contribution in [0.1, 0.15) is 15.9 Å². The molecule has 1 heterocycles. The zero-order chi connectivity index (χ0) is 21.0. The standard InChI is InChI=1S/C20H22O9/c21-9-15-16(23)17(24)18(25)20(29-15)28-14-7-6-12(22)8-13(14)19(26)27-10-11-4-2-1-3-5-11/h1-8,15-18,20-25H,9-10H2/t15-,16-,17+,18-,20+/m1/s1. The van der Waals surface area contributed by atoms with Gasteiger partial charge in [-0.25, -0.2) is 4.79 Å². The minimum absolute atomic E-state index is 0.00514. The first-order valence-corrected chi connectivity index (χ1v) is 8.92. The summed E-state index contributed by atoms with van der Waals surface area (Å²) in [4.78, 5) is 12.5. The largest absolute Gasteiger partial charge is 0.508 e. The number of aromatic hydroxyl groups is 1. The lowest BCUT2D eigenvalue weighted by Crippen LogP contribution is -2.60. The summed E-state index contributed by atoms with van der Waals surface area (Å²) in [7, 11) is 0. The number of aliphatic hydroxyl groups is 4. The lowest BCUT2D eigenvalue weighted by molar-refractivity contribution is -0.277. The van der Waals surface area contributed by atoms with Crippen LogP contribution in [0.4, 0.5) is 0 Å². The summed E-state index contributed by atoms with van der Waals surface area (Å²) in [5, 5.41) is 48.8. The molecule has 9 nitrogen and oxygen atoms in total. The van der Waals surface area contributed by atoms with Gasteiger partial charge in [-0.2, -0.15) is 0 Å². The highest BCUT2D eigenvalue weighted by atomic mass is 16.7. The van der Waals surface area contributed by atoms with E-state index < -0.39 is 43.3 Å². The van der Waals surface area contributed by atoms with Gasteiger partial charge in [-0.05, 0) is 23.8 Å². The first-order valence-electron chi connectivity index (χ1n) is 8.92. The molecular formula is C20H22O9. The zero-order valence-corrected chi connectivity index (χ0v) is 15.3. The maximum Gasteiger partial charge on any atom is 0.342 e. The van der Waals surface area contributed by atoms with Crippen molar-refractivity contribution in [1.82, 2.24) is 0 Å². The molecule has 0 amide bonds. The van der Waals surface area contributed by atoms with Crippen LogP contribution in [0.25, 0.3) is 0 Å². The fraction of sp³-hybridized carbons (Fsp3) is 0.350. The molecule has 9 heteroatoms. The number of hydrogen-bond donors (Lipinski definition) is 5. The second kappa shape index (κ2) is 9.21. The number of carbonyl (C=O) groups is 1. The summed E-state index contributed by atoms with van der Waals surface area (Å²) in [6.45, 7) is -0.624. The molecule has 0 bridgehead atoms. The maximum absolute atomic E-state index is 12.5. The van der Waals surface area contributed by atoms with Crippen LogP contribution in [0.3, 0.4) is 0 Å². The lowest BCUT2D eigenvalue weighted by Gasteiger charge is -2.39. The molecule has 5 N–H and O–H groups in total. The third-order valence-corrected chi connectivity index (χ3v) is 4.49. The molecule has 0 aliphatic carbocycles. The zero-order valence-electron chi connectivity index (χ0n) is 15.3. The van der Waals surface area contributed by atoms with E-state index >= 15 is 0 Å². The van der Waals surface area contributed by atoms with Crippen LogP contribution in [-0.4, -0.2) is 68.8 Å². The number of carbonyl (C=O) groups excluding carboxylic acids is 1. The molecule has 1 aliphatic rings. The second-order valence-corrected chi connectivity index (χ2v) is 6.56. The summed E-state index contributed by atoms with van der Waals surface area (Å²) in [5.74, 6) is -1.08. The molecule has 0 radical (unpaired) electrons. The third kappa shape index (κ3) is 4.84. The number of phenolic OH excluding ortho intramolecular Hbond substituents is 1. The number of benzene rings is 2. The van der Waals surface area contributed by atoms with Gasteiger partial charge in [0.2, 0.25) is 6.29 Å². The van der Waals surface area contributed by atoms with Gasteiger partial charge in [0.15, 0.2) is 0 Å². The Morgan fingerprint density at radius 3 is 2.41 bits per heavy atom. The average molecular weight is 406 g/mol. The minimum atomic E-state index is -1.64. The molecule has 156 valence electrons. The Kier molecular flexibility index (Phi) is 6.68. The van der Waals surface area contributed by atoms with Gasteiger partial charge in [0.25, 0.3) is 0 Å². The fourth-order valence-corrected chi connectivity index (χ4v) is 2.87. The van der Waals surface area contributed by atoms with Crippen LogP contribution in [-0.2, 0) is 16.1 Å². The van der Waals surface area contributed by atoms with Gasteiger partial charge in [-0.1, -0.05) is 30.3 Å². The quantitative estimate of drug-likeness (QED) is 0.416. The van der Waals surface area contributed by atoms with E-state index in [1.165, 1.54) is 12.1 Å². The molecule has 0 saturated carbocycles. The highest BCUT2D eigenvalue weighted by Crippen LogP contribution is 2.29. The highest BCUT2D eigenvalue weighted by molar-refractivity contribution is 5.93. The molecule has 3 rings (SSSR count). The molecule has 5 atom stereocenters. The van der Waals surface area contributed by atoms with Crippen LogP contribution in [0.5, 0.6) is 11.5 Å². The molecule has 0 aromatic heterocycles. The molecule has 1 saturated heterocycles. The summed E-state index contributed by atoms with van der Waals surface area (Å²) in [6.07, 6.45) is -7.45. The average Bonchev–Trinajstić information content (AvgIpc) is 2.74. The molecule has 2 aromatic rings. The Balaban J connectivity index is 1.76. The van der Waals surface area contributed by atoms with E-state index in [2.05, 4.69) is 0 Å². The van der Waals surface area contributed by atoms with Gasteiger partial charge >= 0.3 is 5.97 Å². The van der Waals surface area contributed by atoms with E-state index in [-0.39, 0.29) is 23.7 Å². The molecule has 1 aliphatic heterocycles. The number of hydrogen-bond acceptors (Lipinski definition) is 9. The molecule has 0 unspecified atom stereocenters. The maximum atomic E-state index is 12.5. The van der Waals surface area contributed by atoms with Crippen LogP contribution in [0.2, 0.25) is 0 Å². The first kappa shape index (κ1) is 21.0. The van der Waals surface area contributed by atoms with E-state index in [0.29, 0.717) is 0 Å². The SMILES string of the molecule is O=C(OCc1ccccc1)c1cc(O)ccc1O[C@H]1O[C@H](CO)[C@@H](O)[C@H](O)[C@H]1O. The third-order valence-electron chi connectivity index (χ3n) is 4.49.